The van der Waals surface area contributed by atoms with Crippen LogP contribution in [-0.4, -0.2) is 226 Å². The van der Waals surface area contributed by atoms with Gasteiger partial charge in [0.1, 0.15) is 72.6 Å². The number of aliphatic hydroxyl groups excluding tert-OH is 12. The van der Waals surface area contributed by atoms with Crippen molar-refractivity contribution in [1.29, 1.82) is 0 Å². The summed E-state index contributed by atoms with van der Waals surface area (Å²) in [6, 6.07) is 0. The molecule has 0 radical (unpaired) electrons. The third kappa shape index (κ3) is 9.22. The SMILES string of the molecule is C[C@@H]1O[C@@H](O[C@H]2[C@H](OC(=O)[C@]34CCC(C)(C)C[C@H]3C3=CCC5[C@@]6(C)C[C@H](O)[C@H](O[C@@H]7O[C@H](C(=O)O)[C@@H](O)[C@H](O)[C@H]7O)[C@@](C)(C(=O)[O-])C6CC[C@@]5(C)[C@]3(C)C[C@H]4O)OC[C@H](O)[C@@H]2O)[C@H](O)[C@H](O)[C@H]1O[C@@H]1OC[C@@H](O)[C@H](O)[C@H]1O. The first-order valence-corrected chi connectivity index (χ1v) is 26.8. The molecule has 25 nitrogen and oxygen atoms in total. The van der Waals surface area contributed by atoms with Crippen LogP contribution in [0.15, 0.2) is 11.6 Å². The third-order valence-corrected chi connectivity index (χ3v) is 20.6. The minimum atomic E-state index is -2.05. The second-order valence-corrected chi connectivity index (χ2v) is 25.4. The Kier molecular flexibility index (Phi) is 15.8. The van der Waals surface area contributed by atoms with E-state index in [1.807, 2.05) is 13.8 Å². The van der Waals surface area contributed by atoms with Crippen LogP contribution in [0.25, 0.3) is 0 Å². The molecule has 9 aliphatic rings. The first kappa shape index (κ1) is 59.0. The molecule has 4 aliphatic heterocycles. The van der Waals surface area contributed by atoms with Crippen LogP contribution in [0.3, 0.4) is 0 Å². The first-order valence-electron chi connectivity index (χ1n) is 26.8. The fourth-order valence-electron chi connectivity index (χ4n) is 16.0. The summed E-state index contributed by atoms with van der Waals surface area (Å²) >= 11 is 0. The highest BCUT2D eigenvalue weighted by Crippen LogP contribution is 2.76. The van der Waals surface area contributed by atoms with Gasteiger partial charge in [-0.15, -0.1) is 0 Å². The van der Waals surface area contributed by atoms with Gasteiger partial charge in [0, 0.05) is 5.41 Å². The number of fused-ring (bicyclic) bond motifs is 7. The lowest BCUT2D eigenvalue weighted by atomic mass is 9.33. The molecule has 0 aromatic heterocycles. The van der Waals surface area contributed by atoms with Gasteiger partial charge < -0.3 is 114 Å². The van der Waals surface area contributed by atoms with Gasteiger partial charge in [0.2, 0.25) is 6.29 Å². The Balaban J connectivity index is 0.973. The number of carbonyl (C=O) groups is 3. The van der Waals surface area contributed by atoms with Crippen LogP contribution in [-0.2, 0) is 52.3 Å². The minimum Gasteiger partial charge on any atom is -0.549 e. The largest absolute Gasteiger partial charge is 0.549 e. The zero-order chi connectivity index (χ0) is 56.6. The highest BCUT2D eigenvalue weighted by molar-refractivity contribution is 5.80. The summed E-state index contributed by atoms with van der Waals surface area (Å²) in [5.41, 5.74) is -5.59. The van der Waals surface area contributed by atoms with E-state index in [9.17, 15) is 81.1 Å². The summed E-state index contributed by atoms with van der Waals surface area (Å²) < 4.78 is 46.4. The van der Waals surface area contributed by atoms with Crippen LogP contribution in [0.5, 0.6) is 0 Å². The van der Waals surface area contributed by atoms with Crippen molar-refractivity contribution in [3.63, 3.8) is 0 Å². The average molecular weight is 1100 g/mol. The number of aliphatic hydroxyl groups is 12. The van der Waals surface area contributed by atoms with Crippen LogP contribution < -0.4 is 5.11 Å². The van der Waals surface area contributed by atoms with Crippen LogP contribution in [0.2, 0.25) is 0 Å². The highest BCUT2D eigenvalue weighted by atomic mass is 16.8. The van der Waals surface area contributed by atoms with Crippen LogP contribution in [0, 0.1) is 50.2 Å². The Morgan fingerprint density at radius 3 is 1.87 bits per heavy atom. The first-order chi connectivity index (χ1) is 35.8. The van der Waals surface area contributed by atoms with E-state index >= 15 is 4.79 Å². The molecule has 0 spiro atoms. The molecule has 4 saturated heterocycles. The van der Waals surface area contributed by atoms with Crippen molar-refractivity contribution in [2.75, 3.05) is 13.2 Å². The van der Waals surface area contributed by atoms with E-state index in [1.165, 1.54) is 13.8 Å². The Labute approximate surface area is 444 Å². The summed E-state index contributed by atoms with van der Waals surface area (Å²) in [4.78, 5) is 40.8. The maximum Gasteiger partial charge on any atom is 0.335 e. The van der Waals surface area contributed by atoms with E-state index in [4.69, 9.17) is 37.9 Å². The van der Waals surface area contributed by atoms with Crippen molar-refractivity contribution in [2.24, 2.45) is 50.2 Å². The topological polar surface area (TPSA) is 411 Å². The van der Waals surface area contributed by atoms with Gasteiger partial charge in [0.05, 0.1) is 43.6 Å². The fourth-order valence-corrected chi connectivity index (χ4v) is 16.0. The molecule has 13 N–H and O–H groups in total. The van der Waals surface area contributed by atoms with E-state index in [-0.39, 0.29) is 37.0 Å². The van der Waals surface area contributed by atoms with E-state index in [0.29, 0.717) is 25.7 Å². The van der Waals surface area contributed by atoms with Crippen molar-refractivity contribution in [1.82, 2.24) is 0 Å². The van der Waals surface area contributed by atoms with Crippen molar-refractivity contribution in [2.45, 2.75) is 229 Å². The summed E-state index contributed by atoms with van der Waals surface area (Å²) in [7, 11) is 0. The van der Waals surface area contributed by atoms with E-state index in [1.54, 1.807) is 0 Å². The van der Waals surface area contributed by atoms with Crippen molar-refractivity contribution < 1.29 is 124 Å². The zero-order valence-electron chi connectivity index (χ0n) is 44.2. The number of allylic oxidation sites excluding steroid dienone is 2. The monoisotopic (exact) mass is 1100 g/mol. The normalized spacial score (nSPS) is 54.6. The molecule has 2 unspecified atom stereocenters. The number of esters is 1. The number of ether oxygens (including phenoxy) is 8. The maximum atomic E-state index is 15.3. The molecule has 4 heterocycles. The second-order valence-electron chi connectivity index (χ2n) is 25.4. The average Bonchev–Trinajstić information content (AvgIpc) is 3.55. The van der Waals surface area contributed by atoms with Gasteiger partial charge in [0.25, 0.3) is 0 Å². The number of hydrogen-bond donors (Lipinski definition) is 13. The number of rotatable bonds is 10. The number of hydrogen-bond acceptors (Lipinski definition) is 24. The number of carboxylic acids is 2. The van der Waals surface area contributed by atoms with Crippen LogP contribution >= 0.6 is 0 Å². The molecular weight excluding hydrogens is 1020 g/mol. The number of carboxylic acid groups (broad SMARTS) is 2. The van der Waals surface area contributed by atoms with Crippen molar-refractivity contribution in [3.8, 4) is 0 Å². The number of aliphatic carboxylic acids is 2. The zero-order valence-corrected chi connectivity index (χ0v) is 44.2. The molecule has 5 aliphatic carbocycles. The van der Waals surface area contributed by atoms with E-state index in [2.05, 4.69) is 26.8 Å². The molecule has 77 heavy (non-hydrogen) atoms. The second kappa shape index (κ2) is 20.7. The van der Waals surface area contributed by atoms with Gasteiger partial charge in [-0.2, -0.15) is 0 Å². The van der Waals surface area contributed by atoms with Gasteiger partial charge >= 0.3 is 11.9 Å². The molecule has 9 rings (SSSR count). The molecule has 25 heteroatoms. The summed E-state index contributed by atoms with van der Waals surface area (Å²) in [5.74, 6) is -5.90. The standard InChI is InChI=1S/C52H80O25/c1-19-36(73-41-33(62)28(57)23(54)17-70-41)32(61)35(64)42(72-19)75-38-29(58)24(55)18-71-44(38)77-46(69)52-13-12-47(2,3)14-21(52)20-8-9-25-48(4)15-22(53)39(76-43-34(63)30(59)31(60)37(74-43)40(65)66)51(7,45(67)68)26(48)10-11-49(25,5)50(20,6)16-27(52)56/h8,19,21-39,41-44,53-64H,9-18H2,1-7H3,(H,65,66)(H,67,68)/p-1/t19-,21-,22-,23+,24-,25?,26?,27+,28-,29-,30-,31-,32-,33+,34+,35+,36-,37-,38+,39-,41-,42-,43-,44-,48+,49+,50+,51-,52+/m0/s1. The number of carbonyl (C=O) groups excluding carboxylic acids is 2. The summed E-state index contributed by atoms with van der Waals surface area (Å²) in [6.45, 7) is 12.1. The Hall–Kier alpha value is -2.61. The fraction of sp³-hybridized carbons (Fsp3) is 0.904. The van der Waals surface area contributed by atoms with Gasteiger partial charge in [-0.25, -0.2) is 4.79 Å². The van der Waals surface area contributed by atoms with Crippen molar-refractivity contribution >= 4 is 17.9 Å². The Bertz CT molecular complexity index is 2250. The summed E-state index contributed by atoms with van der Waals surface area (Å²) in [5, 5.41) is 155. The predicted octanol–water partition coefficient (Wildman–Crippen LogP) is -3.97. The maximum absolute atomic E-state index is 15.3. The van der Waals surface area contributed by atoms with Gasteiger partial charge in [-0.3, -0.25) is 4.79 Å². The Morgan fingerprint density at radius 2 is 1.22 bits per heavy atom. The van der Waals surface area contributed by atoms with E-state index < -0.39 is 199 Å². The molecule has 4 saturated carbocycles. The van der Waals surface area contributed by atoms with Crippen LogP contribution in [0.1, 0.15) is 99.8 Å². The van der Waals surface area contributed by atoms with Gasteiger partial charge in [-0.1, -0.05) is 53.2 Å². The van der Waals surface area contributed by atoms with E-state index in [0.717, 1.165) is 5.57 Å². The lowest BCUT2D eigenvalue weighted by Gasteiger charge is -2.72. The molecule has 0 aromatic carbocycles. The lowest BCUT2D eigenvalue weighted by Crippen LogP contribution is -2.72. The summed E-state index contributed by atoms with van der Waals surface area (Å²) in [6.07, 6.45) is -31.8. The Morgan fingerprint density at radius 1 is 0.623 bits per heavy atom. The van der Waals surface area contributed by atoms with Crippen LogP contribution in [0.4, 0.5) is 0 Å². The molecule has 0 aromatic rings. The highest BCUT2D eigenvalue weighted by Gasteiger charge is 2.73. The van der Waals surface area contributed by atoms with Gasteiger partial charge in [-0.05, 0) is 97.7 Å². The smallest absolute Gasteiger partial charge is 0.335 e. The quantitative estimate of drug-likeness (QED) is 0.0564. The van der Waals surface area contributed by atoms with Gasteiger partial charge in [0.15, 0.2) is 31.1 Å². The molecule has 29 atom stereocenters. The third-order valence-electron chi connectivity index (χ3n) is 20.6. The molecule has 0 bridgehead atoms. The molecule has 8 fully saturated rings. The lowest BCUT2D eigenvalue weighted by molar-refractivity contribution is -0.369. The minimum absolute atomic E-state index is 0.0347. The predicted molar refractivity (Wildman–Crippen MR) is 252 cm³/mol. The molecule has 438 valence electrons. The van der Waals surface area contributed by atoms with Crippen molar-refractivity contribution in [3.05, 3.63) is 11.6 Å². The molecule has 0 amide bonds. The molecular formula is C52H79O25-.